The fourth-order valence-corrected chi connectivity index (χ4v) is 13.4. The van der Waals surface area contributed by atoms with Gasteiger partial charge >= 0.3 is 5.97 Å². The molecule has 3 saturated heterocycles. The second-order valence-electron chi connectivity index (χ2n) is 23.1. The molecule has 0 aliphatic carbocycles. The lowest BCUT2D eigenvalue weighted by molar-refractivity contribution is -0.317. The topological polar surface area (TPSA) is 235 Å². The zero-order chi connectivity index (χ0) is 57.3. The Labute approximate surface area is 468 Å². The maximum atomic E-state index is 14.7. The van der Waals surface area contributed by atoms with Crippen molar-refractivity contribution in [3.63, 3.8) is 0 Å². The monoisotopic (exact) mass is 1130 g/mol. The molecular formula is C58H84ClN3O15S. The molecule has 18 atom stereocenters. The van der Waals surface area contributed by atoms with Gasteiger partial charge in [0.15, 0.2) is 12.6 Å². The Hall–Kier alpha value is -3.80. The van der Waals surface area contributed by atoms with Crippen LogP contribution in [0.15, 0.2) is 48.5 Å². The van der Waals surface area contributed by atoms with Crippen molar-refractivity contribution in [1.82, 2.24) is 15.1 Å². The van der Waals surface area contributed by atoms with E-state index < -0.39 is 108 Å². The van der Waals surface area contributed by atoms with Crippen LogP contribution in [0.4, 0.5) is 0 Å². The summed E-state index contributed by atoms with van der Waals surface area (Å²) in [7, 11) is 3.08. The quantitative estimate of drug-likeness (QED) is 0.0610. The third-order valence-corrected chi connectivity index (χ3v) is 18.2. The van der Waals surface area contributed by atoms with Gasteiger partial charge in [-0.3, -0.25) is 19.3 Å². The highest BCUT2D eigenvalue weighted by Gasteiger charge is 2.53. The Morgan fingerprint density at radius 1 is 0.923 bits per heavy atom. The van der Waals surface area contributed by atoms with Crippen LogP contribution in [0.1, 0.15) is 118 Å². The van der Waals surface area contributed by atoms with Gasteiger partial charge in [0.25, 0.3) is 5.91 Å². The number of esters is 1. The molecule has 0 unspecified atom stereocenters. The van der Waals surface area contributed by atoms with E-state index in [4.69, 9.17) is 44.8 Å². The molecule has 3 aromatic rings. The normalized spacial score (nSPS) is 37.0. The van der Waals surface area contributed by atoms with Gasteiger partial charge < -0.3 is 68.9 Å². The lowest BCUT2D eigenvalue weighted by Crippen LogP contribution is -2.61. The van der Waals surface area contributed by atoms with Gasteiger partial charge in [-0.1, -0.05) is 50.6 Å². The van der Waals surface area contributed by atoms with E-state index in [0.717, 1.165) is 21.6 Å². The number of hydrogen-bond donors (Lipinski definition) is 6. The van der Waals surface area contributed by atoms with Gasteiger partial charge in [-0.15, -0.1) is 11.3 Å². The van der Waals surface area contributed by atoms with Crippen LogP contribution >= 0.6 is 22.9 Å². The summed E-state index contributed by atoms with van der Waals surface area (Å²) in [5.41, 5.74) is -2.36. The van der Waals surface area contributed by atoms with E-state index in [1.807, 2.05) is 61.2 Å². The third kappa shape index (κ3) is 13.3. The fourth-order valence-electron chi connectivity index (χ4n) is 12.1. The zero-order valence-corrected chi connectivity index (χ0v) is 49.0. The van der Waals surface area contributed by atoms with E-state index in [1.165, 1.54) is 37.2 Å². The second kappa shape index (κ2) is 25.1. The number of halogens is 1. The van der Waals surface area contributed by atoms with E-state index in [0.29, 0.717) is 40.8 Å². The number of likely N-dealkylation sites (N-methyl/N-ethyl adjacent to an activating group) is 1. The fraction of sp³-hybridized carbons (Fsp3) is 0.672. The Bertz CT molecular complexity index is 2570. The van der Waals surface area contributed by atoms with Crippen LogP contribution in [0.3, 0.4) is 0 Å². The van der Waals surface area contributed by atoms with Gasteiger partial charge in [-0.25, -0.2) is 0 Å². The smallest absolute Gasteiger partial charge is 0.311 e. The van der Waals surface area contributed by atoms with Crippen LogP contribution in [0.2, 0.25) is 5.02 Å². The average Bonchev–Trinajstić information content (AvgIpc) is 3.79. The number of ether oxygens (including phenoxy) is 7. The van der Waals surface area contributed by atoms with Crippen LogP contribution < -0.4 is 10.1 Å². The number of aliphatic hydroxyl groups excluding tert-OH is 3. The molecule has 20 heteroatoms. The predicted molar refractivity (Wildman–Crippen MR) is 295 cm³/mol. The second-order valence-corrected chi connectivity index (χ2v) is 24.6. The summed E-state index contributed by atoms with van der Waals surface area (Å²) in [6, 6.07) is 13.5. The molecule has 434 valence electrons. The molecule has 2 aromatic carbocycles. The summed E-state index contributed by atoms with van der Waals surface area (Å²) >= 11 is 7.82. The summed E-state index contributed by atoms with van der Waals surface area (Å²) in [6.07, 6.45) is -10.0. The summed E-state index contributed by atoms with van der Waals surface area (Å²) in [4.78, 5) is 46.2. The minimum Gasteiger partial charge on any atom is -0.459 e. The number of amides is 2. The van der Waals surface area contributed by atoms with Gasteiger partial charge in [-0.05, 0) is 110 Å². The molecule has 18 nitrogen and oxygen atoms in total. The van der Waals surface area contributed by atoms with Crippen molar-refractivity contribution >= 4 is 40.7 Å². The van der Waals surface area contributed by atoms with Crippen LogP contribution in [0.25, 0.3) is 21.6 Å². The molecule has 7 rings (SSSR count). The molecule has 78 heavy (non-hydrogen) atoms. The lowest BCUT2D eigenvalue weighted by atomic mass is 9.77. The Kier molecular flexibility index (Phi) is 19.9. The molecular weight excluding hydrogens is 1050 g/mol. The van der Waals surface area contributed by atoms with Gasteiger partial charge in [0.05, 0.1) is 52.5 Å². The van der Waals surface area contributed by atoms with Gasteiger partial charge in [0.1, 0.15) is 41.5 Å². The number of cyclic esters (lactones) is 1. The van der Waals surface area contributed by atoms with Crippen molar-refractivity contribution in [3.8, 4) is 33.1 Å². The number of benzene rings is 2. The van der Waals surface area contributed by atoms with E-state index >= 15 is 0 Å². The van der Waals surface area contributed by atoms with Crippen molar-refractivity contribution in [2.75, 3.05) is 33.8 Å². The molecule has 0 saturated carbocycles. The minimum absolute atomic E-state index is 0.0569. The van der Waals surface area contributed by atoms with Gasteiger partial charge in [-0.2, -0.15) is 0 Å². The summed E-state index contributed by atoms with van der Waals surface area (Å²) in [5.74, 6) is -2.41. The highest BCUT2D eigenvalue weighted by atomic mass is 35.5. The summed E-state index contributed by atoms with van der Waals surface area (Å²) in [6.45, 7) is 19.4. The highest BCUT2D eigenvalue weighted by molar-refractivity contribution is 7.18. The Balaban J connectivity index is 1.19. The highest BCUT2D eigenvalue weighted by Crippen LogP contribution is 2.51. The van der Waals surface area contributed by atoms with Crippen molar-refractivity contribution in [2.24, 2.45) is 17.8 Å². The van der Waals surface area contributed by atoms with Crippen molar-refractivity contribution in [3.05, 3.63) is 58.4 Å². The first-order chi connectivity index (χ1) is 36.6. The number of carbonyl (C=O) groups excluding carboxylic acids is 3. The molecule has 4 aliphatic rings. The van der Waals surface area contributed by atoms with E-state index in [2.05, 4.69) is 5.32 Å². The standard InChI is InChI=1S/C58H84ClN3O15S/c1-14-45-58(11,70)50(65)34(6)62(23-17-22-60-53(67)44-26-39-38-18-15-16-19-42(38)74-43-21-20-37(59)25-40(43)49(39)78-44)29-30(2)27-56(9,69)52(77-55-47(64)41(24-31(3)72-55)61(12)36(8)63)32(4)48(33(5)54(68)75-45)76-46-28-57(10,71-13)51(66)35(7)73-46/h15-16,18-21,25-26,30-35,41,45-48,50-52,55,64-66,69-70H,14,17,22-24,27-29H2,1-13H3,(H,60,67)/t30-,31-,32+,33-,34-,35+,41+,45-,46+,47-,48+,50-,51+,52-,55+,56-,57-,58-/m1/s1. The first-order valence-electron chi connectivity index (χ1n) is 27.4. The number of nitrogens with one attached hydrogen (secondary N) is 1. The molecule has 5 heterocycles. The zero-order valence-electron chi connectivity index (χ0n) is 47.4. The van der Waals surface area contributed by atoms with E-state index in [9.17, 15) is 39.9 Å². The largest absolute Gasteiger partial charge is 0.459 e. The van der Waals surface area contributed by atoms with Crippen LogP contribution in [-0.2, 0) is 38.0 Å². The maximum absolute atomic E-state index is 14.7. The number of methoxy groups -OCH3 is 1. The third-order valence-electron chi connectivity index (χ3n) is 16.8. The Morgan fingerprint density at radius 2 is 1.62 bits per heavy atom. The maximum Gasteiger partial charge on any atom is 0.311 e. The van der Waals surface area contributed by atoms with Crippen LogP contribution in [-0.4, -0.2) is 177 Å². The average molecular weight is 1130 g/mol. The SMILES string of the molecule is CC[C@H]1OC(=O)[C@H](C)[C@@H](O[C@H]2C[C@@](C)(OC)[C@@H](O)[C@H](C)O2)[C@H](C)[C@@H](O[C@@H]2O[C@H](C)C[C@H](N(C)C(C)=O)[C@H]2O)[C@](C)(O)C[C@@H](C)CN(CCCNC(=O)c2cc3c(s2)-c2cc(Cl)ccc2Oc2ccccc2-3)[C@H](C)[C@@H](O)[C@]1(C)O. The number of carbonyl (C=O) groups is 3. The minimum atomic E-state index is -1.98. The number of fused-ring (bicyclic) bond motifs is 5. The number of nitrogens with zero attached hydrogens (tertiary/aromatic N) is 2. The van der Waals surface area contributed by atoms with E-state index in [1.54, 1.807) is 61.6 Å². The summed E-state index contributed by atoms with van der Waals surface area (Å²) < 4.78 is 44.5. The van der Waals surface area contributed by atoms with Crippen molar-refractivity contribution in [1.29, 1.82) is 0 Å². The molecule has 0 radical (unpaired) electrons. The predicted octanol–water partition coefficient (Wildman–Crippen LogP) is 7.16. The van der Waals surface area contributed by atoms with Gasteiger partial charge in [0, 0.05) is 85.7 Å². The first kappa shape index (κ1) is 61.8. The van der Waals surface area contributed by atoms with E-state index in [-0.39, 0.29) is 50.1 Å². The number of thiophene rings is 1. The molecule has 3 fully saturated rings. The molecule has 0 spiro atoms. The molecule has 0 bridgehead atoms. The van der Waals surface area contributed by atoms with Crippen LogP contribution in [0, 0.1) is 17.8 Å². The Morgan fingerprint density at radius 3 is 2.29 bits per heavy atom. The van der Waals surface area contributed by atoms with Crippen LogP contribution in [0.5, 0.6) is 11.5 Å². The molecule has 1 aromatic heterocycles. The van der Waals surface area contributed by atoms with Crippen molar-refractivity contribution < 1.29 is 73.1 Å². The number of aliphatic hydroxyl groups is 5. The molecule has 2 amide bonds. The molecule has 4 aliphatic heterocycles. The number of rotatable bonds is 12. The lowest BCUT2D eigenvalue weighted by Gasteiger charge is -2.49. The van der Waals surface area contributed by atoms with Gasteiger partial charge in [0.2, 0.25) is 5.91 Å². The number of hydrogen-bond acceptors (Lipinski definition) is 17. The van der Waals surface area contributed by atoms with Crippen molar-refractivity contribution in [2.45, 2.75) is 199 Å². The first-order valence-corrected chi connectivity index (χ1v) is 28.6. The summed E-state index contributed by atoms with van der Waals surface area (Å²) in [5, 5.41) is 64.3. The number of para-hydroxylation sites is 1. The molecule has 6 N–H and O–H groups in total.